The van der Waals surface area contributed by atoms with Crippen LogP contribution in [0.5, 0.6) is 0 Å². The van der Waals surface area contributed by atoms with E-state index in [-0.39, 0.29) is 41.4 Å². The van der Waals surface area contributed by atoms with E-state index in [9.17, 15) is 28.1 Å². The molecule has 2 aromatic heterocycles. The van der Waals surface area contributed by atoms with Crippen molar-refractivity contribution in [2.45, 2.75) is 19.0 Å². The Kier molecular flexibility index (Phi) is 5.28. The van der Waals surface area contributed by atoms with Crippen LogP contribution in [0.4, 0.5) is 36.2 Å². The zero-order chi connectivity index (χ0) is 23.0. The van der Waals surface area contributed by atoms with Gasteiger partial charge in [-0.1, -0.05) is 0 Å². The average molecular weight is 451 g/mol. The Labute approximate surface area is 177 Å². The number of hydrogen-bond donors (Lipinski definition) is 3. The number of carboxylic acids is 1. The maximum atomic E-state index is 12.9. The van der Waals surface area contributed by atoms with E-state index in [4.69, 9.17) is 5.11 Å². The van der Waals surface area contributed by atoms with E-state index in [0.717, 1.165) is 6.33 Å². The maximum Gasteiger partial charge on any atom is 0.449 e. The number of aromatic nitrogens is 4. The second-order valence-corrected chi connectivity index (χ2v) is 7.19. The van der Waals surface area contributed by atoms with E-state index >= 15 is 0 Å². The van der Waals surface area contributed by atoms with Crippen LogP contribution in [-0.2, 0) is 11.0 Å². The zero-order valence-corrected chi connectivity index (χ0v) is 16.3. The molecule has 0 bridgehead atoms. The number of benzene rings is 1. The molecule has 1 fully saturated rings. The molecule has 1 aliphatic heterocycles. The fourth-order valence-electron chi connectivity index (χ4n) is 3.56. The van der Waals surface area contributed by atoms with Crippen LogP contribution in [0.1, 0.15) is 18.7 Å². The molecule has 4 rings (SSSR count). The number of hydrogen-bond acceptors (Lipinski definition) is 8. The first-order chi connectivity index (χ1) is 15.1. The van der Waals surface area contributed by atoms with Gasteiger partial charge in [-0.05, 0) is 31.0 Å². The Morgan fingerprint density at radius 2 is 2.00 bits per heavy atom. The predicted octanol–water partition coefficient (Wildman–Crippen LogP) is 3.32. The number of halogens is 3. The highest BCUT2D eigenvalue weighted by Crippen LogP contribution is 2.36. The van der Waals surface area contributed by atoms with Crippen molar-refractivity contribution in [1.29, 1.82) is 0 Å². The highest BCUT2D eigenvalue weighted by molar-refractivity contribution is 5.82. The Morgan fingerprint density at radius 1 is 1.28 bits per heavy atom. The number of piperidine rings is 1. The topological polar surface area (TPSA) is 150 Å². The number of alkyl halides is 3. The van der Waals surface area contributed by atoms with Gasteiger partial charge in [-0.2, -0.15) is 13.2 Å². The van der Waals surface area contributed by atoms with Gasteiger partial charge < -0.3 is 20.3 Å². The zero-order valence-electron chi connectivity index (χ0n) is 16.3. The SMILES string of the molecule is O=C(O)C1CCN(c2ncnc(Nc3ccc4nc(C(F)(F)F)[nH]c4c3)c2[N+](=O)[O-])CC1. The Balaban J connectivity index is 1.63. The van der Waals surface area contributed by atoms with Crippen molar-refractivity contribution >= 4 is 40.0 Å². The van der Waals surface area contributed by atoms with E-state index in [1.807, 2.05) is 0 Å². The van der Waals surface area contributed by atoms with Gasteiger partial charge in [0.25, 0.3) is 0 Å². The molecule has 0 spiro atoms. The van der Waals surface area contributed by atoms with Gasteiger partial charge in [-0.15, -0.1) is 0 Å². The molecule has 168 valence electrons. The van der Waals surface area contributed by atoms with Gasteiger partial charge in [0.05, 0.1) is 21.9 Å². The molecule has 1 aromatic carbocycles. The Morgan fingerprint density at radius 3 is 2.62 bits per heavy atom. The fraction of sp³-hybridized carbons (Fsp3) is 0.333. The number of carboxylic acid groups (broad SMARTS) is 1. The van der Waals surface area contributed by atoms with E-state index in [2.05, 4.69) is 25.3 Å². The molecule has 0 atom stereocenters. The lowest BCUT2D eigenvalue weighted by atomic mass is 9.97. The number of fused-ring (bicyclic) bond motifs is 1. The molecule has 11 nitrogen and oxygen atoms in total. The number of carbonyl (C=O) groups is 1. The van der Waals surface area contributed by atoms with Gasteiger partial charge >= 0.3 is 17.8 Å². The van der Waals surface area contributed by atoms with Gasteiger partial charge in [0, 0.05) is 18.8 Å². The van der Waals surface area contributed by atoms with Crippen LogP contribution in [0, 0.1) is 16.0 Å². The van der Waals surface area contributed by atoms with Crippen LogP contribution >= 0.6 is 0 Å². The first-order valence-electron chi connectivity index (χ1n) is 9.44. The molecular formula is C18H16F3N7O4. The smallest absolute Gasteiger partial charge is 0.449 e. The Bertz CT molecular complexity index is 1190. The fourth-order valence-corrected chi connectivity index (χ4v) is 3.56. The summed E-state index contributed by atoms with van der Waals surface area (Å²) in [6.45, 7) is 0.545. The van der Waals surface area contributed by atoms with Crippen molar-refractivity contribution < 1.29 is 28.0 Å². The van der Waals surface area contributed by atoms with Gasteiger partial charge in [-0.3, -0.25) is 14.9 Å². The average Bonchev–Trinajstić information content (AvgIpc) is 3.17. The second-order valence-electron chi connectivity index (χ2n) is 7.19. The minimum Gasteiger partial charge on any atom is -0.481 e. The molecule has 0 aliphatic carbocycles. The molecule has 0 saturated carbocycles. The van der Waals surface area contributed by atoms with Gasteiger partial charge in [0.2, 0.25) is 17.5 Å². The molecule has 0 amide bonds. The minimum atomic E-state index is -4.64. The predicted molar refractivity (Wildman–Crippen MR) is 106 cm³/mol. The van der Waals surface area contributed by atoms with E-state index in [0.29, 0.717) is 12.8 Å². The first kappa shape index (κ1) is 21.3. The van der Waals surface area contributed by atoms with Crippen molar-refractivity contribution in [3.05, 3.63) is 40.5 Å². The van der Waals surface area contributed by atoms with Crippen LogP contribution in [0.3, 0.4) is 0 Å². The summed E-state index contributed by atoms with van der Waals surface area (Å²) in [5, 5.41) is 23.7. The van der Waals surface area contributed by atoms with Crippen LogP contribution in [0.25, 0.3) is 11.0 Å². The second kappa shape index (κ2) is 7.94. The summed E-state index contributed by atoms with van der Waals surface area (Å²) in [5.41, 5.74) is 0.0197. The lowest BCUT2D eigenvalue weighted by Crippen LogP contribution is -2.37. The summed E-state index contributed by atoms with van der Waals surface area (Å²) in [6, 6.07) is 4.10. The monoisotopic (exact) mass is 451 g/mol. The molecular weight excluding hydrogens is 435 g/mol. The quantitative estimate of drug-likeness (QED) is 0.392. The van der Waals surface area contributed by atoms with Gasteiger partial charge in [0.15, 0.2) is 0 Å². The number of aromatic amines is 1. The number of anilines is 3. The largest absolute Gasteiger partial charge is 0.481 e. The minimum absolute atomic E-state index is 0.0401. The molecule has 14 heteroatoms. The number of imidazole rings is 1. The normalized spacial score (nSPS) is 15.2. The maximum absolute atomic E-state index is 12.9. The highest BCUT2D eigenvalue weighted by atomic mass is 19.4. The molecule has 3 N–H and O–H groups in total. The molecule has 1 aliphatic rings. The summed E-state index contributed by atoms with van der Waals surface area (Å²) in [6.07, 6.45) is -2.87. The number of nitrogens with one attached hydrogen (secondary N) is 2. The number of nitro groups is 1. The van der Waals surface area contributed by atoms with E-state index in [1.165, 1.54) is 18.2 Å². The van der Waals surface area contributed by atoms with E-state index in [1.54, 1.807) is 4.90 Å². The van der Waals surface area contributed by atoms with Crippen molar-refractivity contribution in [1.82, 2.24) is 19.9 Å². The molecule has 0 unspecified atom stereocenters. The molecule has 1 saturated heterocycles. The van der Waals surface area contributed by atoms with Crippen molar-refractivity contribution in [3.63, 3.8) is 0 Å². The van der Waals surface area contributed by atoms with Crippen LogP contribution < -0.4 is 10.2 Å². The van der Waals surface area contributed by atoms with Gasteiger partial charge in [-0.25, -0.2) is 15.0 Å². The van der Waals surface area contributed by atoms with Crippen molar-refractivity contribution in [2.24, 2.45) is 5.92 Å². The van der Waals surface area contributed by atoms with Crippen molar-refractivity contribution in [3.8, 4) is 0 Å². The highest BCUT2D eigenvalue weighted by Gasteiger charge is 2.35. The molecule has 3 heterocycles. The standard InChI is InChI=1S/C18H16F3N7O4/c19-18(20,21)17-25-11-2-1-10(7-12(11)26-17)24-14-13(28(31)32)15(23-8-22-14)27-5-3-9(4-6-27)16(29)30/h1-2,7-9H,3-6H2,(H,25,26)(H,29,30)(H,22,23,24). The van der Waals surface area contributed by atoms with Crippen LogP contribution in [-0.4, -0.2) is 49.0 Å². The van der Waals surface area contributed by atoms with E-state index < -0.39 is 34.5 Å². The summed E-state index contributed by atoms with van der Waals surface area (Å²) >= 11 is 0. The third-order valence-electron chi connectivity index (χ3n) is 5.14. The third kappa shape index (κ3) is 4.10. The van der Waals surface area contributed by atoms with Crippen molar-refractivity contribution in [2.75, 3.05) is 23.3 Å². The summed E-state index contributed by atoms with van der Waals surface area (Å²) < 4.78 is 38.6. The summed E-state index contributed by atoms with van der Waals surface area (Å²) in [5.74, 6) is -2.68. The summed E-state index contributed by atoms with van der Waals surface area (Å²) in [4.78, 5) is 37.5. The molecule has 0 radical (unpaired) electrons. The number of H-pyrrole nitrogens is 1. The van der Waals surface area contributed by atoms with Gasteiger partial charge in [0.1, 0.15) is 6.33 Å². The van der Waals surface area contributed by atoms with Crippen LogP contribution in [0.2, 0.25) is 0 Å². The summed E-state index contributed by atoms with van der Waals surface area (Å²) in [7, 11) is 0. The molecule has 3 aromatic rings. The first-order valence-corrected chi connectivity index (χ1v) is 9.44. The Hall–Kier alpha value is -3.97. The van der Waals surface area contributed by atoms with Crippen LogP contribution in [0.15, 0.2) is 24.5 Å². The molecule has 32 heavy (non-hydrogen) atoms. The number of rotatable bonds is 5. The third-order valence-corrected chi connectivity index (χ3v) is 5.14. The lowest BCUT2D eigenvalue weighted by molar-refractivity contribution is -0.383. The number of nitrogens with zero attached hydrogens (tertiary/aromatic N) is 5. The lowest BCUT2D eigenvalue weighted by Gasteiger charge is -2.30. The number of aliphatic carboxylic acids is 1.